The fraction of sp³-hybridized carbons (Fsp3) is 0.381. The Morgan fingerprint density at radius 3 is 2.41 bits per heavy atom. The first kappa shape index (κ1) is 21.2. The van der Waals surface area contributed by atoms with Gasteiger partial charge in [0.05, 0.1) is 18.7 Å². The van der Waals surface area contributed by atoms with Gasteiger partial charge in [-0.15, -0.1) is 12.4 Å². The van der Waals surface area contributed by atoms with E-state index in [-0.39, 0.29) is 24.4 Å². The van der Waals surface area contributed by atoms with Gasteiger partial charge in [0.2, 0.25) is 5.91 Å². The zero-order valence-electron chi connectivity index (χ0n) is 15.7. The second-order valence-electron chi connectivity index (χ2n) is 6.79. The lowest BCUT2D eigenvalue weighted by Gasteiger charge is -2.33. The van der Waals surface area contributed by atoms with Crippen molar-refractivity contribution in [2.75, 3.05) is 20.3 Å². The molecule has 0 bridgehead atoms. The fourth-order valence-corrected chi connectivity index (χ4v) is 3.22. The van der Waals surface area contributed by atoms with E-state index in [1.165, 1.54) is 0 Å². The molecular weight excluding hydrogens is 364 g/mol. The quantitative estimate of drug-likeness (QED) is 0.819. The molecule has 0 aromatic heterocycles. The van der Waals surface area contributed by atoms with E-state index in [0.717, 1.165) is 22.4 Å². The second-order valence-corrected chi connectivity index (χ2v) is 6.79. The first-order valence-electron chi connectivity index (χ1n) is 8.94. The number of hydrogen-bond acceptors (Lipinski definition) is 4. The molecule has 1 aliphatic rings. The summed E-state index contributed by atoms with van der Waals surface area (Å²) in [6.07, 6.45) is 1.11. The van der Waals surface area contributed by atoms with E-state index in [2.05, 4.69) is 5.32 Å². The van der Waals surface area contributed by atoms with E-state index < -0.39 is 5.54 Å². The summed E-state index contributed by atoms with van der Waals surface area (Å²) in [5.74, 6) is 0.730. The summed E-state index contributed by atoms with van der Waals surface area (Å²) in [5.41, 5.74) is 8.58. The standard InChI is InChI=1S/C21H26N2O3.ClH/c1-15(23-20(24)21(22)11-13-26-14-12-21)16-7-9-17(10-8-16)18-5-3-4-6-19(18)25-2;/h3-10,15H,11-14,22H2,1-2H3,(H,23,24);1H. The molecule has 2 aromatic carbocycles. The third-order valence-electron chi connectivity index (χ3n) is 5.01. The van der Waals surface area contributed by atoms with Crippen LogP contribution in [-0.2, 0) is 9.53 Å². The van der Waals surface area contributed by atoms with E-state index in [1.54, 1.807) is 7.11 Å². The van der Waals surface area contributed by atoms with Crippen LogP contribution in [0.1, 0.15) is 31.4 Å². The predicted octanol–water partition coefficient (Wildman–Crippen LogP) is 3.47. The number of hydrogen-bond donors (Lipinski definition) is 2. The minimum atomic E-state index is -0.830. The van der Waals surface area contributed by atoms with Gasteiger partial charge in [-0.2, -0.15) is 0 Å². The van der Waals surface area contributed by atoms with Crippen molar-refractivity contribution < 1.29 is 14.3 Å². The smallest absolute Gasteiger partial charge is 0.240 e. The normalized spacial score (nSPS) is 16.7. The van der Waals surface area contributed by atoms with Gasteiger partial charge in [0.1, 0.15) is 5.75 Å². The maximum atomic E-state index is 12.6. The van der Waals surface area contributed by atoms with Gasteiger partial charge in [-0.25, -0.2) is 0 Å². The van der Waals surface area contributed by atoms with E-state index in [9.17, 15) is 4.79 Å². The molecular formula is C21H27ClN2O3. The molecule has 1 amide bonds. The highest BCUT2D eigenvalue weighted by atomic mass is 35.5. The molecule has 3 rings (SSSR count). The van der Waals surface area contributed by atoms with Crippen LogP contribution in [0.4, 0.5) is 0 Å². The first-order chi connectivity index (χ1) is 12.5. The van der Waals surface area contributed by atoms with Crippen LogP contribution in [-0.4, -0.2) is 31.8 Å². The molecule has 1 saturated heterocycles. The Kier molecular flexibility index (Phi) is 7.25. The van der Waals surface area contributed by atoms with Gasteiger partial charge in [-0.1, -0.05) is 42.5 Å². The van der Waals surface area contributed by atoms with Crippen LogP contribution in [0.3, 0.4) is 0 Å². The third kappa shape index (κ3) is 4.80. The van der Waals surface area contributed by atoms with Crippen molar-refractivity contribution in [3.05, 3.63) is 54.1 Å². The third-order valence-corrected chi connectivity index (χ3v) is 5.01. The average Bonchev–Trinajstić information content (AvgIpc) is 2.68. The van der Waals surface area contributed by atoms with Crippen LogP contribution in [0.2, 0.25) is 0 Å². The number of nitrogens with one attached hydrogen (secondary N) is 1. The minimum Gasteiger partial charge on any atom is -0.496 e. The number of carbonyl (C=O) groups is 1. The highest BCUT2D eigenvalue weighted by Crippen LogP contribution is 2.30. The van der Waals surface area contributed by atoms with Crippen molar-refractivity contribution in [1.82, 2.24) is 5.32 Å². The molecule has 1 fully saturated rings. The van der Waals surface area contributed by atoms with Gasteiger partial charge in [-0.3, -0.25) is 4.79 Å². The van der Waals surface area contributed by atoms with Crippen LogP contribution in [0, 0.1) is 0 Å². The van der Waals surface area contributed by atoms with Crippen molar-refractivity contribution in [3.8, 4) is 16.9 Å². The molecule has 6 heteroatoms. The average molecular weight is 391 g/mol. The van der Waals surface area contributed by atoms with Gasteiger partial charge in [0.15, 0.2) is 0 Å². The van der Waals surface area contributed by atoms with E-state index in [0.29, 0.717) is 26.1 Å². The topological polar surface area (TPSA) is 73.6 Å². The molecule has 1 aliphatic heterocycles. The molecule has 5 nitrogen and oxygen atoms in total. The zero-order chi connectivity index (χ0) is 18.6. The molecule has 0 radical (unpaired) electrons. The minimum absolute atomic E-state index is 0. The SMILES string of the molecule is COc1ccccc1-c1ccc(C(C)NC(=O)C2(N)CCOCC2)cc1.Cl. The van der Waals surface area contributed by atoms with E-state index in [4.69, 9.17) is 15.2 Å². The van der Waals surface area contributed by atoms with Crippen LogP contribution in [0.5, 0.6) is 5.75 Å². The summed E-state index contributed by atoms with van der Waals surface area (Å²) in [6.45, 7) is 3.04. The molecule has 0 aliphatic carbocycles. The van der Waals surface area contributed by atoms with Gasteiger partial charge in [0.25, 0.3) is 0 Å². The Morgan fingerprint density at radius 2 is 1.78 bits per heavy atom. The molecule has 1 atom stereocenters. The maximum absolute atomic E-state index is 12.6. The Bertz CT molecular complexity index is 758. The molecule has 27 heavy (non-hydrogen) atoms. The van der Waals surface area contributed by atoms with E-state index >= 15 is 0 Å². The highest BCUT2D eigenvalue weighted by Gasteiger charge is 2.36. The Morgan fingerprint density at radius 1 is 1.15 bits per heavy atom. The zero-order valence-corrected chi connectivity index (χ0v) is 16.6. The van der Waals surface area contributed by atoms with Crippen molar-refractivity contribution in [2.24, 2.45) is 5.73 Å². The van der Waals surface area contributed by atoms with Crippen molar-refractivity contribution in [1.29, 1.82) is 0 Å². The van der Waals surface area contributed by atoms with Crippen molar-refractivity contribution >= 4 is 18.3 Å². The molecule has 1 heterocycles. The summed E-state index contributed by atoms with van der Waals surface area (Å²) >= 11 is 0. The number of amides is 1. The molecule has 0 spiro atoms. The lowest BCUT2D eigenvalue weighted by molar-refractivity contribution is -0.130. The number of benzene rings is 2. The van der Waals surface area contributed by atoms with Crippen LogP contribution >= 0.6 is 12.4 Å². The van der Waals surface area contributed by atoms with Crippen LogP contribution in [0.15, 0.2) is 48.5 Å². The van der Waals surface area contributed by atoms with Crippen LogP contribution in [0.25, 0.3) is 11.1 Å². The lowest BCUT2D eigenvalue weighted by atomic mass is 9.90. The van der Waals surface area contributed by atoms with Crippen molar-refractivity contribution in [3.63, 3.8) is 0 Å². The molecule has 0 saturated carbocycles. The summed E-state index contributed by atoms with van der Waals surface area (Å²) in [4.78, 5) is 12.6. The Balaban J connectivity index is 0.00000261. The number of halogens is 1. The van der Waals surface area contributed by atoms with Gasteiger partial charge in [-0.05, 0) is 37.0 Å². The number of ether oxygens (including phenoxy) is 2. The lowest BCUT2D eigenvalue weighted by Crippen LogP contribution is -2.57. The summed E-state index contributed by atoms with van der Waals surface area (Å²) in [6, 6.07) is 15.9. The van der Waals surface area contributed by atoms with E-state index in [1.807, 2.05) is 55.5 Å². The summed E-state index contributed by atoms with van der Waals surface area (Å²) < 4.78 is 10.7. The number of para-hydroxylation sites is 1. The molecule has 3 N–H and O–H groups in total. The largest absolute Gasteiger partial charge is 0.496 e. The van der Waals surface area contributed by atoms with Crippen molar-refractivity contribution in [2.45, 2.75) is 31.3 Å². The monoisotopic (exact) mass is 390 g/mol. The maximum Gasteiger partial charge on any atom is 0.240 e. The van der Waals surface area contributed by atoms with Crippen LogP contribution < -0.4 is 15.8 Å². The number of rotatable bonds is 5. The summed E-state index contributed by atoms with van der Waals surface area (Å²) in [7, 11) is 1.67. The highest BCUT2D eigenvalue weighted by molar-refractivity contribution is 5.86. The van der Waals surface area contributed by atoms with Gasteiger partial charge < -0.3 is 20.5 Å². The Hall–Kier alpha value is -2.08. The predicted molar refractivity (Wildman–Crippen MR) is 109 cm³/mol. The fourth-order valence-electron chi connectivity index (χ4n) is 3.22. The summed E-state index contributed by atoms with van der Waals surface area (Å²) in [5, 5.41) is 3.04. The number of nitrogens with two attached hydrogens (primary N) is 1. The van der Waals surface area contributed by atoms with Gasteiger partial charge >= 0.3 is 0 Å². The number of methoxy groups -OCH3 is 1. The Labute approximate surface area is 166 Å². The molecule has 2 aromatic rings. The second kappa shape index (κ2) is 9.22. The molecule has 146 valence electrons. The number of carbonyl (C=O) groups excluding carboxylic acids is 1. The molecule has 1 unspecified atom stereocenters. The first-order valence-corrected chi connectivity index (χ1v) is 8.94. The van der Waals surface area contributed by atoms with Gasteiger partial charge in [0, 0.05) is 18.8 Å².